The Labute approximate surface area is 99.9 Å². The van der Waals surface area contributed by atoms with Crippen molar-refractivity contribution in [2.24, 2.45) is 0 Å². The van der Waals surface area contributed by atoms with Gasteiger partial charge in [-0.2, -0.15) is 0 Å². The van der Waals surface area contributed by atoms with Gasteiger partial charge in [0.15, 0.2) is 0 Å². The minimum Gasteiger partial charge on any atom is -0.325 e. The lowest BCUT2D eigenvalue weighted by atomic mass is 10.5. The smallest absolute Gasteiger partial charge is 0.325 e. The van der Waals surface area contributed by atoms with E-state index < -0.39 is 14.5 Å². The van der Waals surface area contributed by atoms with Crippen LogP contribution in [0.3, 0.4) is 0 Å². The van der Waals surface area contributed by atoms with Crippen molar-refractivity contribution in [2.75, 3.05) is 6.61 Å². The molecule has 0 rings (SSSR count). The highest BCUT2D eigenvalue weighted by atomic mass is 32.5. The topological polar surface area (TPSA) is 116 Å². The molecule has 0 saturated heterocycles. The molecule has 0 radical (unpaired) electrons. The maximum Gasteiger partial charge on any atom is 0.469 e. The van der Waals surface area contributed by atoms with Crippen molar-refractivity contribution >= 4 is 26.3 Å². The van der Waals surface area contributed by atoms with Gasteiger partial charge in [-0.1, -0.05) is 6.92 Å². The van der Waals surface area contributed by atoms with Crippen LogP contribution in [0.15, 0.2) is 0 Å². The van der Waals surface area contributed by atoms with Crippen LogP contribution in [0.2, 0.25) is 0 Å². The molecule has 10 heteroatoms. The highest BCUT2D eigenvalue weighted by Gasteiger charge is 2.11. The Kier molecular flexibility index (Phi) is 10.3. The molecule has 0 aromatic carbocycles. The molecule has 0 bridgehead atoms. The van der Waals surface area contributed by atoms with E-state index >= 15 is 0 Å². The molecular weight excluding hydrogens is 278 g/mol. The number of hydrogen-bond acceptors (Lipinski definition) is 4. The number of phosphoric acid groups is 1. The second kappa shape index (κ2) is 8.69. The van der Waals surface area contributed by atoms with E-state index in [2.05, 4.69) is 20.9 Å². The number of phosphoric ester groups is 1. The molecule has 0 aliphatic heterocycles. The predicted octanol–water partition coefficient (Wildman–Crippen LogP) is 1.13. The van der Waals surface area contributed by atoms with Crippen molar-refractivity contribution in [3.8, 4) is 0 Å². The predicted molar refractivity (Wildman–Crippen MR) is 63.2 cm³/mol. The summed E-state index contributed by atoms with van der Waals surface area (Å²) in [5.74, 6) is 0. The number of rotatable bonds is 5. The van der Waals surface area contributed by atoms with Crippen molar-refractivity contribution in [1.82, 2.24) is 0 Å². The van der Waals surface area contributed by atoms with Gasteiger partial charge in [-0.15, -0.1) is 0 Å². The maximum absolute atomic E-state index is 9.86. The van der Waals surface area contributed by atoms with Crippen LogP contribution in [0.4, 0.5) is 0 Å². The molecular formula is C6H18O7P2S. The van der Waals surface area contributed by atoms with E-state index in [1.54, 1.807) is 20.8 Å². The van der Waals surface area contributed by atoms with Crippen LogP contribution in [0.25, 0.3) is 0 Å². The quantitative estimate of drug-likeness (QED) is 0.558. The second-order valence-corrected chi connectivity index (χ2v) is 6.83. The lowest BCUT2D eigenvalue weighted by molar-refractivity contribution is 0.196. The normalized spacial score (nSPS) is 12.2. The van der Waals surface area contributed by atoms with Gasteiger partial charge >= 0.3 is 14.5 Å². The van der Waals surface area contributed by atoms with E-state index in [1.165, 1.54) is 0 Å². The molecule has 0 aromatic rings. The minimum absolute atomic E-state index is 0.115. The van der Waals surface area contributed by atoms with Crippen LogP contribution >= 0.6 is 14.5 Å². The highest BCUT2D eigenvalue weighted by molar-refractivity contribution is 8.06. The summed E-state index contributed by atoms with van der Waals surface area (Å²) in [6.07, 6.45) is 0.404. The van der Waals surface area contributed by atoms with Crippen molar-refractivity contribution in [3.05, 3.63) is 0 Å². The Hall–Kier alpha value is 0.640. The van der Waals surface area contributed by atoms with E-state index in [0.717, 1.165) is 0 Å². The largest absolute Gasteiger partial charge is 0.469 e. The average Bonchev–Trinajstić information content (AvgIpc) is 1.95. The van der Waals surface area contributed by atoms with Crippen LogP contribution in [0.1, 0.15) is 27.2 Å². The van der Waals surface area contributed by atoms with Crippen LogP contribution in [0.5, 0.6) is 0 Å². The standard InChI is InChI=1S/C3H9O4P.C3H9O3PS/c1-2-3-7-8(4,5)6;1-3(2)6-7(4,5)8/h2-3H2,1H3,(H2,4,5,6);3H,1-2H3,(H2,4,5,8). The van der Waals surface area contributed by atoms with Crippen molar-refractivity contribution in [2.45, 2.75) is 33.3 Å². The first-order chi connectivity index (χ1) is 6.98. The van der Waals surface area contributed by atoms with E-state index in [-0.39, 0.29) is 12.7 Å². The van der Waals surface area contributed by atoms with Gasteiger partial charge in [0.25, 0.3) is 0 Å². The first-order valence-electron chi connectivity index (χ1n) is 4.42. The van der Waals surface area contributed by atoms with Gasteiger partial charge in [-0.05, 0) is 32.1 Å². The third kappa shape index (κ3) is 24.1. The molecule has 0 aliphatic rings. The van der Waals surface area contributed by atoms with Crippen molar-refractivity contribution < 1.29 is 33.2 Å². The maximum atomic E-state index is 9.86. The van der Waals surface area contributed by atoms with E-state index in [9.17, 15) is 4.57 Å². The van der Waals surface area contributed by atoms with Gasteiger partial charge in [0.05, 0.1) is 12.7 Å². The van der Waals surface area contributed by atoms with Crippen molar-refractivity contribution in [3.63, 3.8) is 0 Å². The van der Waals surface area contributed by atoms with Gasteiger partial charge in [0, 0.05) is 0 Å². The zero-order valence-corrected chi connectivity index (χ0v) is 11.9. The van der Waals surface area contributed by atoms with Gasteiger partial charge in [0.2, 0.25) is 0 Å². The Morgan fingerprint density at radius 2 is 1.69 bits per heavy atom. The number of hydrogen-bond donors (Lipinski definition) is 4. The third-order valence-corrected chi connectivity index (χ3v) is 2.29. The van der Waals surface area contributed by atoms with Crippen molar-refractivity contribution in [1.29, 1.82) is 0 Å². The van der Waals surface area contributed by atoms with Gasteiger partial charge in [-0.3, -0.25) is 4.52 Å². The third-order valence-electron chi connectivity index (χ3n) is 0.812. The summed E-state index contributed by atoms with van der Waals surface area (Å²) in [6, 6.07) is 0. The molecule has 0 spiro atoms. The first-order valence-corrected chi connectivity index (χ1v) is 8.57. The first kappa shape index (κ1) is 19.0. The summed E-state index contributed by atoms with van der Waals surface area (Å²) in [5.41, 5.74) is 0. The molecule has 16 heavy (non-hydrogen) atoms. The molecule has 0 atom stereocenters. The average molecular weight is 296 g/mol. The van der Waals surface area contributed by atoms with E-state index in [4.69, 9.17) is 19.6 Å². The lowest BCUT2D eigenvalue weighted by Gasteiger charge is -2.10. The Balaban J connectivity index is 0. The lowest BCUT2D eigenvalue weighted by Crippen LogP contribution is -1.98. The second-order valence-electron chi connectivity index (χ2n) is 2.97. The molecule has 0 aromatic heterocycles. The fraction of sp³-hybridized carbons (Fsp3) is 1.00. The van der Waals surface area contributed by atoms with Gasteiger partial charge < -0.3 is 24.1 Å². The fourth-order valence-corrected chi connectivity index (χ4v) is 1.97. The molecule has 0 aliphatic carbocycles. The summed E-state index contributed by atoms with van der Waals surface area (Å²) in [6.45, 7) is 1.88. The highest BCUT2D eigenvalue weighted by Crippen LogP contribution is 2.37. The molecule has 0 heterocycles. The molecule has 4 N–H and O–H groups in total. The molecule has 0 unspecified atom stereocenters. The molecule has 0 amide bonds. The summed E-state index contributed by atoms with van der Waals surface area (Å²) >= 11 is 4.16. The van der Waals surface area contributed by atoms with Crippen LogP contribution in [0, 0.1) is 0 Å². The van der Waals surface area contributed by atoms with Crippen LogP contribution < -0.4 is 0 Å². The Morgan fingerprint density at radius 3 is 1.75 bits per heavy atom. The summed E-state index contributed by atoms with van der Waals surface area (Å²) in [5, 5.41) is 0. The summed E-state index contributed by atoms with van der Waals surface area (Å²) in [7, 11) is -4.18. The van der Waals surface area contributed by atoms with Crippen LogP contribution in [-0.2, 0) is 25.4 Å². The zero-order chi connectivity index (χ0) is 13.4. The van der Waals surface area contributed by atoms with Gasteiger partial charge in [-0.25, -0.2) is 4.57 Å². The van der Waals surface area contributed by atoms with E-state index in [1.807, 2.05) is 0 Å². The monoisotopic (exact) mass is 296 g/mol. The minimum atomic E-state index is -4.18. The summed E-state index contributed by atoms with van der Waals surface area (Å²) < 4.78 is 18.4. The van der Waals surface area contributed by atoms with Crippen LogP contribution in [-0.4, -0.2) is 32.3 Å². The molecule has 0 saturated carbocycles. The molecule has 0 fully saturated rings. The van der Waals surface area contributed by atoms with Gasteiger partial charge in [0.1, 0.15) is 0 Å². The molecule has 7 nitrogen and oxygen atoms in total. The Bertz CT molecular complexity index is 258. The summed E-state index contributed by atoms with van der Waals surface area (Å²) in [4.78, 5) is 33.0. The fourth-order valence-electron chi connectivity index (χ4n) is 0.485. The van der Waals surface area contributed by atoms with E-state index in [0.29, 0.717) is 6.42 Å². The molecule has 100 valence electrons. The Morgan fingerprint density at radius 1 is 1.25 bits per heavy atom. The zero-order valence-electron chi connectivity index (χ0n) is 9.31. The SMILES string of the molecule is CC(C)OP(O)(O)=S.CCCOP(=O)(O)O.